The van der Waals surface area contributed by atoms with Crippen molar-refractivity contribution in [3.05, 3.63) is 64.6 Å². The maximum atomic E-state index is 13.5. The first-order valence-corrected chi connectivity index (χ1v) is 12.2. The average Bonchev–Trinajstić information content (AvgIpc) is 3.42. The number of hydrogen-bond acceptors (Lipinski definition) is 6. The number of piperazine rings is 1. The van der Waals surface area contributed by atoms with Crippen molar-refractivity contribution >= 4 is 46.1 Å². The van der Waals surface area contributed by atoms with Crippen LogP contribution in [0.1, 0.15) is 22.5 Å². The molecule has 2 aliphatic rings. The van der Waals surface area contributed by atoms with Gasteiger partial charge in [0, 0.05) is 67.3 Å². The van der Waals surface area contributed by atoms with Crippen LogP contribution in [0.15, 0.2) is 42.5 Å². The van der Waals surface area contributed by atoms with Crippen molar-refractivity contribution in [2.24, 2.45) is 0 Å². The summed E-state index contributed by atoms with van der Waals surface area (Å²) in [5.41, 5.74) is 2.07. The van der Waals surface area contributed by atoms with E-state index >= 15 is 0 Å². The summed E-state index contributed by atoms with van der Waals surface area (Å²) in [6.45, 7) is 2.76. The summed E-state index contributed by atoms with van der Waals surface area (Å²) in [5.74, 6) is -3.79. The number of aliphatic hydroxyl groups is 1. The van der Waals surface area contributed by atoms with E-state index in [2.05, 4.69) is 15.6 Å². The molecular formula is C25H25ClFN5O5. The third-order valence-electron chi connectivity index (χ3n) is 6.42. The van der Waals surface area contributed by atoms with Gasteiger partial charge < -0.3 is 35.3 Å². The molecule has 2 aliphatic heterocycles. The molecule has 3 aromatic rings. The van der Waals surface area contributed by atoms with Crippen LogP contribution < -0.4 is 15.5 Å². The number of alkyl carbamates (subject to hydrolysis) is 1. The Labute approximate surface area is 216 Å². The van der Waals surface area contributed by atoms with Crippen LogP contribution in [0.2, 0.25) is 5.02 Å². The van der Waals surface area contributed by atoms with Crippen LogP contribution in [0, 0.1) is 5.82 Å². The third kappa shape index (κ3) is 5.24. The molecule has 12 heteroatoms. The Bertz CT molecular complexity index is 1350. The zero-order valence-electron chi connectivity index (χ0n) is 19.7. The normalized spacial score (nSPS) is 19.9. The number of carbonyl (C=O) groups is 3. The number of aromatic nitrogens is 1. The standard InChI is InChI=1S/C25H25ClFN5O5/c26-17-9-15(10-18(27)13-17)14-29-24(35)37-25(36)3-6-32(23(25)34)19-1-2-20-16(11-19)12-21(30-20)22(33)31-7-4-28-5-8-31/h1-2,9-13,28,30,36H,3-8,14H2,(H,29,35)/t25-/m0/s1. The second-order valence-corrected chi connectivity index (χ2v) is 9.45. The molecule has 10 nitrogen and oxygen atoms in total. The topological polar surface area (TPSA) is 127 Å². The molecule has 1 aromatic heterocycles. The Morgan fingerprint density at radius 3 is 2.68 bits per heavy atom. The number of nitrogens with one attached hydrogen (secondary N) is 3. The van der Waals surface area contributed by atoms with E-state index in [9.17, 15) is 23.9 Å². The van der Waals surface area contributed by atoms with Crippen molar-refractivity contribution < 1.29 is 28.6 Å². The lowest BCUT2D eigenvalue weighted by atomic mass is 10.2. The van der Waals surface area contributed by atoms with Crippen LogP contribution in [0.3, 0.4) is 0 Å². The number of benzene rings is 2. The lowest BCUT2D eigenvalue weighted by Gasteiger charge is -2.26. The number of halogens is 2. The van der Waals surface area contributed by atoms with Gasteiger partial charge in [0.1, 0.15) is 11.5 Å². The first-order valence-electron chi connectivity index (χ1n) is 11.8. The molecule has 37 heavy (non-hydrogen) atoms. The Morgan fingerprint density at radius 2 is 1.92 bits per heavy atom. The number of aromatic amines is 1. The Balaban J connectivity index is 1.25. The van der Waals surface area contributed by atoms with Gasteiger partial charge >= 0.3 is 6.09 Å². The zero-order chi connectivity index (χ0) is 26.2. The monoisotopic (exact) mass is 529 g/mol. The molecule has 3 heterocycles. The first kappa shape index (κ1) is 25.0. The van der Waals surface area contributed by atoms with Crippen molar-refractivity contribution in [3.63, 3.8) is 0 Å². The molecule has 0 aliphatic carbocycles. The maximum Gasteiger partial charge on any atom is 0.410 e. The second-order valence-electron chi connectivity index (χ2n) is 9.01. The minimum atomic E-state index is -2.35. The predicted octanol–water partition coefficient (Wildman–Crippen LogP) is 2.36. The zero-order valence-corrected chi connectivity index (χ0v) is 20.5. The summed E-state index contributed by atoms with van der Waals surface area (Å²) in [4.78, 5) is 44.3. The molecule has 0 radical (unpaired) electrons. The molecule has 0 unspecified atom stereocenters. The summed E-state index contributed by atoms with van der Waals surface area (Å²) in [7, 11) is 0. The number of carbonyl (C=O) groups excluding carboxylic acids is 3. The van der Waals surface area contributed by atoms with E-state index in [1.807, 2.05) is 0 Å². The summed E-state index contributed by atoms with van der Waals surface area (Å²) >= 11 is 5.81. The lowest BCUT2D eigenvalue weighted by Crippen LogP contribution is -2.46. The maximum absolute atomic E-state index is 13.5. The highest BCUT2D eigenvalue weighted by Gasteiger charge is 2.49. The summed E-state index contributed by atoms with van der Waals surface area (Å²) < 4.78 is 18.5. The summed E-state index contributed by atoms with van der Waals surface area (Å²) in [6.07, 6.45) is -1.17. The second kappa shape index (κ2) is 10.0. The molecule has 1 atom stereocenters. The summed E-state index contributed by atoms with van der Waals surface area (Å²) in [6, 6.07) is 10.7. The van der Waals surface area contributed by atoms with Crippen LogP contribution in [0.4, 0.5) is 14.9 Å². The van der Waals surface area contributed by atoms with E-state index in [-0.39, 0.29) is 30.4 Å². The van der Waals surface area contributed by atoms with Gasteiger partial charge in [0.15, 0.2) is 0 Å². The van der Waals surface area contributed by atoms with Crippen molar-refractivity contribution in [2.45, 2.75) is 18.8 Å². The minimum absolute atomic E-state index is 0.0919. The number of rotatable bonds is 5. The van der Waals surface area contributed by atoms with Crippen molar-refractivity contribution in [3.8, 4) is 0 Å². The number of anilines is 1. The van der Waals surface area contributed by atoms with Crippen molar-refractivity contribution in [2.75, 3.05) is 37.6 Å². The molecule has 2 saturated heterocycles. The molecule has 2 aromatic carbocycles. The molecule has 0 saturated carbocycles. The smallest absolute Gasteiger partial charge is 0.407 e. The van der Waals surface area contributed by atoms with Crippen LogP contribution in [-0.2, 0) is 16.1 Å². The SMILES string of the molecule is O=C(NCc1cc(F)cc(Cl)c1)O[C@@]1(O)CCN(c2ccc3[nH]c(C(=O)N4CCNCC4)cc3c2)C1=O. The Morgan fingerprint density at radius 1 is 1.14 bits per heavy atom. The van der Waals surface area contributed by atoms with Gasteiger partial charge in [-0.1, -0.05) is 11.6 Å². The molecule has 2 fully saturated rings. The highest BCUT2D eigenvalue weighted by Crippen LogP contribution is 2.31. The third-order valence-corrected chi connectivity index (χ3v) is 6.64. The number of hydrogen-bond donors (Lipinski definition) is 4. The van der Waals surface area contributed by atoms with E-state index in [4.69, 9.17) is 16.3 Å². The van der Waals surface area contributed by atoms with Gasteiger partial charge in [-0.15, -0.1) is 0 Å². The minimum Gasteiger partial charge on any atom is -0.407 e. The van der Waals surface area contributed by atoms with Gasteiger partial charge in [0.25, 0.3) is 17.6 Å². The molecule has 194 valence electrons. The van der Waals surface area contributed by atoms with Crippen molar-refractivity contribution in [1.29, 1.82) is 0 Å². The van der Waals surface area contributed by atoms with Crippen LogP contribution in [0.5, 0.6) is 0 Å². The lowest BCUT2D eigenvalue weighted by molar-refractivity contribution is -0.175. The number of ether oxygens (including phenoxy) is 1. The molecular weight excluding hydrogens is 505 g/mol. The van der Waals surface area contributed by atoms with Gasteiger partial charge in [0.2, 0.25) is 0 Å². The van der Waals surface area contributed by atoms with Gasteiger partial charge in [-0.2, -0.15) is 0 Å². The number of fused-ring (bicyclic) bond motifs is 1. The highest BCUT2D eigenvalue weighted by molar-refractivity contribution is 6.30. The largest absolute Gasteiger partial charge is 0.410 e. The Hall–Kier alpha value is -3.67. The van der Waals surface area contributed by atoms with E-state index < -0.39 is 23.6 Å². The fraction of sp³-hybridized carbons (Fsp3) is 0.320. The van der Waals surface area contributed by atoms with Crippen LogP contribution in [0.25, 0.3) is 10.9 Å². The van der Waals surface area contributed by atoms with Gasteiger partial charge in [-0.25, -0.2) is 9.18 Å². The predicted molar refractivity (Wildman–Crippen MR) is 134 cm³/mol. The highest BCUT2D eigenvalue weighted by atomic mass is 35.5. The quantitative estimate of drug-likeness (QED) is 0.376. The van der Waals surface area contributed by atoms with Gasteiger partial charge in [0.05, 0.1) is 0 Å². The first-order chi connectivity index (χ1) is 17.7. The van der Waals surface area contributed by atoms with E-state index in [0.717, 1.165) is 30.1 Å². The molecule has 0 spiro atoms. The Kier molecular flexibility index (Phi) is 6.76. The van der Waals surface area contributed by atoms with Crippen LogP contribution in [-0.4, -0.2) is 71.4 Å². The number of amides is 3. The van der Waals surface area contributed by atoms with Gasteiger partial charge in [-0.3, -0.25) is 9.59 Å². The molecule has 4 N–H and O–H groups in total. The van der Waals surface area contributed by atoms with E-state index in [1.165, 1.54) is 17.0 Å². The number of H-pyrrole nitrogens is 1. The molecule has 5 rings (SSSR count). The fourth-order valence-corrected chi connectivity index (χ4v) is 4.79. The molecule has 0 bridgehead atoms. The van der Waals surface area contributed by atoms with E-state index in [1.54, 1.807) is 29.2 Å². The van der Waals surface area contributed by atoms with E-state index in [0.29, 0.717) is 30.0 Å². The fourth-order valence-electron chi connectivity index (χ4n) is 4.54. The number of nitrogens with zero attached hydrogens (tertiary/aromatic N) is 2. The summed E-state index contributed by atoms with van der Waals surface area (Å²) in [5, 5.41) is 17.3. The van der Waals surface area contributed by atoms with Gasteiger partial charge in [-0.05, 0) is 48.0 Å². The average molecular weight is 530 g/mol. The van der Waals surface area contributed by atoms with Crippen LogP contribution >= 0.6 is 11.6 Å². The molecule has 3 amide bonds. The van der Waals surface area contributed by atoms with Crippen molar-refractivity contribution in [1.82, 2.24) is 20.5 Å².